The third-order valence-electron chi connectivity index (χ3n) is 4.88. The van der Waals surface area contributed by atoms with Gasteiger partial charge in [-0.2, -0.15) is 0 Å². The van der Waals surface area contributed by atoms with Crippen molar-refractivity contribution < 1.29 is 0 Å². The lowest BCUT2D eigenvalue weighted by Gasteiger charge is -2.18. The molecule has 0 spiro atoms. The summed E-state index contributed by atoms with van der Waals surface area (Å²) < 4.78 is 0. The molecule has 154 valence electrons. The van der Waals surface area contributed by atoms with E-state index in [1.807, 2.05) is 22.7 Å². The maximum absolute atomic E-state index is 2.43. The quantitative estimate of drug-likeness (QED) is 0.406. The Hall–Kier alpha value is -0.860. The molecule has 2 heteroatoms. The van der Waals surface area contributed by atoms with Crippen LogP contribution in [-0.2, 0) is 21.7 Å². The van der Waals surface area contributed by atoms with Crippen LogP contribution in [-0.4, -0.2) is 0 Å². The Kier molecular flexibility index (Phi) is 6.22. The Balaban J connectivity index is 2.83. The molecule has 0 saturated carbocycles. The Morgan fingerprint density at radius 1 is 0.393 bits per heavy atom. The molecule has 0 N–H and O–H groups in total. The largest absolute Gasteiger partial charge is 0.219 e. The minimum Gasteiger partial charge on any atom is -0.0512 e. The summed E-state index contributed by atoms with van der Waals surface area (Å²) in [6, 6.07) is 9.72. The predicted molar refractivity (Wildman–Crippen MR) is 131 cm³/mol. The molecule has 0 radical (unpaired) electrons. The summed E-state index contributed by atoms with van der Waals surface area (Å²) in [5.41, 5.74) is 3.32. The van der Waals surface area contributed by atoms with Crippen molar-refractivity contribution in [1.82, 2.24) is 0 Å². The molecular weight excluding hydrogens is 376 g/mol. The van der Waals surface area contributed by atoms with Crippen LogP contribution < -0.4 is 0 Å². The molecule has 0 nitrogen and oxygen atoms in total. The Morgan fingerprint density at radius 3 is 0.714 bits per heavy atom. The lowest BCUT2D eigenvalue weighted by atomic mass is 9.88. The molecule has 28 heavy (non-hydrogen) atoms. The van der Waals surface area contributed by atoms with Crippen LogP contribution in [0.4, 0.5) is 0 Å². The highest BCUT2D eigenvalue weighted by Gasteiger charge is 2.35. The van der Waals surface area contributed by atoms with Crippen LogP contribution >= 0.6 is 22.7 Å². The maximum atomic E-state index is 2.43. The first-order valence-corrected chi connectivity index (χ1v) is 12.0. The molecule has 0 aromatic carbocycles. The molecule has 0 atom stereocenters. The Labute approximate surface area is 182 Å². The second-order valence-corrected chi connectivity index (χ2v) is 14.3. The second kappa shape index (κ2) is 7.43. The summed E-state index contributed by atoms with van der Waals surface area (Å²) in [5.74, 6) is 0. The van der Waals surface area contributed by atoms with E-state index in [4.69, 9.17) is 0 Å². The summed E-state index contributed by atoms with van der Waals surface area (Å²) in [7, 11) is 0. The van der Waals surface area contributed by atoms with Gasteiger partial charge in [0, 0.05) is 45.9 Å². The van der Waals surface area contributed by atoms with Gasteiger partial charge in [-0.25, -0.2) is 0 Å². The summed E-state index contributed by atoms with van der Waals surface area (Å²) >= 11 is 3.93. The third kappa shape index (κ3) is 5.60. The minimum absolute atomic E-state index is 0.151. The third-order valence-corrected chi connectivity index (χ3v) is 8.68. The summed E-state index contributed by atoms with van der Waals surface area (Å²) in [6.45, 7) is 27.9. The minimum atomic E-state index is 0.151. The van der Waals surface area contributed by atoms with E-state index in [-0.39, 0.29) is 21.7 Å². The zero-order valence-electron chi connectivity index (χ0n) is 20.1. The molecule has 0 unspecified atom stereocenters. The van der Waals surface area contributed by atoms with Crippen LogP contribution in [0.3, 0.4) is 0 Å². The van der Waals surface area contributed by atoms with Crippen molar-refractivity contribution in [3.05, 3.63) is 43.8 Å². The molecule has 0 bridgehead atoms. The molecule has 0 amide bonds. The van der Waals surface area contributed by atoms with Gasteiger partial charge in [-0.1, -0.05) is 83.1 Å². The van der Waals surface area contributed by atoms with Crippen molar-refractivity contribution in [2.45, 2.75) is 105 Å². The summed E-state index contributed by atoms with van der Waals surface area (Å²) in [6.07, 6.45) is 0. The van der Waals surface area contributed by atoms with E-state index in [1.165, 1.54) is 30.6 Å². The second-order valence-electron chi connectivity index (χ2n) is 12.1. The van der Waals surface area contributed by atoms with Gasteiger partial charge in [0.25, 0.3) is 0 Å². The van der Waals surface area contributed by atoms with E-state index in [2.05, 4.69) is 107 Å². The molecule has 2 aromatic rings. The molecule has 2 aromatic heterocycles. The number of rotatable bonds is 1. The molecule has 0 fully saturated rings. The van der Waals surface area contributed by atoms with Crippen molar-refractivity contribution in [3.8, 4) is 11.1 Å². The highest BCUT2D eigenvalue weighted by atomic mass is 32.1. The van der Waals surface area contributed by atoms with Crippen LogP contribution in [0, 0.1) is 0 Å². The summed E-state index contributed by atoms with van der Waals surface area (Å²) in [4.78, 5) is 5.82. The maximum Gasteiger partial charge on any atom is 0.219 e. The van der Waals surface area contributed by atoms with Crippen LogP contribution in [0.5, 0.6) is 0 Å². The average molecular weight is 417 g/mol. The number of hydrogen-bond acceptors (Lipinski definition) is 0. The fraction of sp³-hybridized carbons (Fsp3) is 0.615. The van der Waals surface area contributed by atoms with Crippen molar-refractivity contribution in [1.29, 1.82) is 0 Å². The Bertz CT molecular complexity index is 710. The molecular formula is C26H40S2+2. The van der Waals surface area contributed by atoms with Gasteiger partial charge in [-0.05, 0) is 11.1 Å². The monoisotopic (exact) mass is 416 g/mol. The van der Waals surface area contributed by atoms with Gasteiger partial charge in [0.15, 0.2) is 0 Å². The van der Waals surface area contributed by atoms with E-state index >= 15 is 0 Å². The van der Waals surface area contributed by atoms with Crippen LogP contribution in [0.2, 0.25) is 0 Å². The first kappa shape index (κ1) is 23.4. The smallest absolute Gasteiger partial charge is 0.0512 e. The normalized spacial score (nSPS) is 13.7. The average Bonchev–Trinajstić information content (AvgIpc) is 2.50. The predicted octanol–water partition coefficient (Wildman–Crippen LogP) is 9.23. The van der Waals surface area contributed by atoms with Crippen LogP contribution in [0.25, 0.3) is 11.1 Å². The van der Waals surface area contributed by atoms with Crippen molar-refractivity contribution in [2.24, 2.45) is 0 Å². The van der Waals surface area contributed by atoms with Crippen LogP contribution in [0.15, 0.2) is 24.3 Å². The molecule has 0 aliphatic rings. The van der Waals surface area contributed by atoms with E-state index < -0.39 is 0 Å². The first-order chi connectivity index (χ1) is 12.4. The number of hydrogen-bond donors (Lipinski definition) is 0. The first-order valence-electron chi connectivity index (χ1n) is 10.4. The topological polar surface area (TPSA) is 0 Å². The lowest BCUT2D eigenvalue weighted by Crippen LogP contribution is -2.15. The van der Waals surface area contributed by atoms with Crippen molar-refractivity contribution >= 4 is 22.7 Å². The fourth-order valence-corrected chi connectivity index (χ4v) is 5.26. The molecule has 0 aliphatic carbocycles. The lowest BCUT2D eigenvalue weighted by molar-refractivity contribution is 0.591. The van der Waals surface area contributed by atoms with Crippen molar-refractivity contribution in [2.75, 3.05) is 0 Å². The molecule has 2 rings (SSSR count). The van der Waals surface area contributed by atoms with Crippen molar-refractivity contribution in [3.63, 3.8) is 0 Å². The van der Waals surface area contributed by atoms with E-state index in [0.717, 1.165) is 0 Å². The van der Waals surface area contributed by atoms with E-state index in [0.29, 0.717) is 0 Å². The van der Waals surface area contributed by atoms with Gasteiger partial charge in [-0.3, -0.25) is 0 Å². The highest BCUT2D eigenvalue weighted by molar-refractivity contribution is 7.12. The zero-order chi connectivity index (χ0) is 21.7. The molecule has 0 saturated heterocycles. The SMILES string of the molecule is CC(C)(C)c1cc(-c2cc(C(C)(C)C)[s+]c(C(C)(C)C)c2)cc(C(C)(C)C)[s+]1. The highest BCUT2D eigenvalue weighted by Crippen LogP contribution is 2.41. The van der Waals surface area contributed by atoms with Gasteiger partial charge in [0.2, 0.25) is 42.2 Å². The molecule has 0 aliphatic heterocycles. The van der Waals surface area contributed by atoms with E-state index in [9.17, 15) is 0 Å². The Morgan fingerprint density at radius 2 is 0.571 bits per heavy atom. The fourth-order valence-electron chi connectivity index (χ4n) is 2.81. The molecule has 2 heterocycles. The zero-order valence-corrected chi connectivity index (χ0v) is 21.8. The van der Waals surface area contributed by atoms with Crippen LogP contribution in [0.1, 0.15) is 103 Å². The van der Waals surface area contributed by atoms with Gasteiger partial charge < -0.3 is 0 Å². The van der Waals surface area contributed by atoms with Gasteiger partial charge >= 0.3 is 0 Å². The summed E-state index contributed by atoms with van der Waals surface area (Å²) in [5, 5.41) is 0. The van der Waals surface area contributed by atoms with E-state index in [1.54, 1.807) is 0 Å². The van der Waals surface area contributed by atoms with Gasteiger partial charge in [0.1, 0.15) is 0 Å². The van der Waals surface area contributed by atoms with Gasteiger partial charge in [0.05, 0.1) is 0 Å². The van der Waals surface area contributed by atoms with Gasteiger partial charge in [-0.15, -0.1) is 0 Å². The standard InChI is InChI=1S/C26H40S2/c1-23(2,3)19-13-17(14-20(27-19)24(4,5)6)18-15-21(25(7,8)9)28-22(16-18)26(10,11)12/h13-16H,1-12H3/q+2.